The van der Waals surface area contributed by atoms with E-state index in [-0.39, 0.29) is 18.8 Å². The number of aromatic nitrogens is 1. The smallest absolute Gasteiger partial charge is 0.434 e. The SMILES string of the molecule is O=Cc1ccc(OCc2ccccc2)nc1C(F)(F)F. The van der Waals surface area contributed by atoms with Crippen LogP contribution in [0.5, 0.6) is 5.88 Å². The van der Waals surface area contributed by atoms with Crippen LogP contribution in [0.1, 0.15) is 21.6 Å². The number of hydrogen-bond acceptors (Lipinski definition) is 3. The Labute approximate surface area is 113 Å². The maximum Gasteiger partial charge on any atom is 0.434 e. The number of rotatable bonds is 4. The van der Waals surface area contributed by atoms with Crippen molar-refractivity contribution in [1.29, 1.82) is 0 Å². The summed E-state index contributed by atoms with van der Waals surface area (Å²) < 4.78 is 43.3. The molecule has 3 nitrogen and oxygen atoms in total. The summed E-state index contributed by atoms with van der Waals surface area (Å²) in [5.74, 6) is -0.174. The molecule has 0 atom stereocenters. The maximum absolute atomic E-state index is 12.7. The van der Waals surface area contributed by atoms with Crippen molar-refractivity contribution in [1.82, 2.24) is 4.98 Å². The molecular formula is C14H10F3NO2. The predicted octanol–water partition coefficient (Wildman–Crippen LogP) is 3.49. The normalized spacial score (nSPS) is 11.2. The molecule has 1 aromatic heterocycles. The van der Waals surface area contributed by atoms with E-state index in [1.165, 1.54) is 6.07 Å². The maximum atomic E-state index is 12.7. The van der Waals surface area contributed by atoms with Crippen molar-refractivity contribution in [3.8, 4) is 5.88 Å². The van der Waals surface area contributed by atoms with E-state index >= 15 is 0 Å². The summed E-state index contributed by atoms with van der Waals surface area (Å²) in [6.45, 7) is 0.103. The van der Waals surface area contributed by atoms with Crippen molar-refractivity contribution in [3.63, 3.8) is 0 Å². The minimum absolute atomic E-state index is 0.103. The van der Waals surface area contributed by atoms with Gasteiger partial charge in [0.05, 0.1) is 0 Å². The van der Waals surface area contributed by atoms with Gasteiger partial charge in [0.15, 0.2) is 12.0 Å². The number of halogens is 3. The zero-order valence-corrected chi connectivity index (χ0v) is 10.2. The molecule has 0 aliphatic rings. The molecule has 0 radical (unpaired) electrons. The minimum Gasteiger partial charge on any atom is -0.473 e. The summed E-state index contributed by atoms with van der Waals surface area (Å²) in [7, 11) is 0. The standard InChI is InChI=1S/C14H10F3NO2/c15-14(16,17)13-11(8-19)6-7-12(18-13)20-9-10-4-2-1-3-5-10/h1-8H,9H2. The highest BCUT2D eigenvalue weighted by atomic mass is 19.4. The molecule has 0 bridgehead atoms. The lowest BCUT2D eigenvalue weighted by molar-refractivity contribution is -0.141. The van der Waals surface area contributed by atoms with Crippen LogP contribution in [0.3, 0.4) is 0 Å². The molecule has 0 unspecified atom stereocenters. The molecule has 2 rings (SSSR count). The van der Waals surface area contributed by atoms with Gasteiger partial charge in [-0.3, -0.25) is 4.79 Å². The monoisotopic (exact) mass is 281 g/mol. The van der Waals surface area contributed by atoms with Gasteiger partial charge in [-0.15, -0.1) is 0 Å². The van der Waals surface area contributed by atoms with E-state index < -0.39 is 17.4 Å². The second-order valence-electron chi connectivity index (χ2n) is 3.98. The van der Waals surface area contributed by atoms with Crippen LogP contribution in [0.4, 0.5) is 13.2 Å². The van der Waals surface area contributed by atoms with Crippen molar-refractivity contribution in [2.24, 2.45) is 0 Å². The Morgan fingerprint density at radius 1 is 1.10 bits per heavy atom. The van der Waals surface area contributed by atoms with Gasteiger partial charge in [0.2, 0.25) is 5.88 Å². The second-order valence-corrected chi connectivity index (χ2v) is 3.98. The minimum atomic E-state index is -4.69. The van der Waals surface area contributed by atoms with Gasteiger partial charge >= 0.3 is 6.18 Å². The fourth-order valence-electron chi connectivity index (χ4n) is 1.59. The Kier molecular flexibility index (Phi) is 4.02. The average Bonchev–Trinajstić information content (AvgIpc) is 2.45. The molecule has 0 N–H and O–H groups in total. The van der Waals surface area contributed by atoms with Crippen LogP contribution in [-0.4, -0.2) is 11.3 Å². The van der Waals surface area contributed by atoms with Gasteiger partial charge in [0.1, 0.15) is 6.61 Å². The van der Waals surface area contributed by atoms with Crippen LogP contribution >= 0.6 is 0 Å². The largest absolute Gasteiger partial charge is 0.473 e. The number of carbonyl (C=O) groups is 1. The number of hydrogen-bond donors (Lipinski definition) is 0. The van der Waals surface area contributed by atoms with E-state index in [0.29, 0.717) is 0 Å². The molecule has 20 heavy (non-hydrogen) atoms. The number of aldehydes is 1. The van der Waals surface area contributed by atoms with Gasteiger partial charge in [-0.25, -0.2) is 4.98 Å². The summed E-state index contributed by atoms with van der Waals surface area (Å²) in [6.07, 6.45) is -4.57. The molecule has 0 aliphatic carbocycles. The molecule has 1 heterocycles. The fourth-order valence-corrected chi connectivity index (χ4v) is 1.59. The van der Waals surface area contributed by atoms with Crippen molar-refractivity contribution < 1.29 is 22.7 Å². The zero-order chi connectivity index (χ0) is 14.6. The molecule has 0 spiro atoms. The average molecular weight is 281 g/mol. The fraction of sp³-hybridized carbons (Fsp3) is 0.143. The number of alkyl halides is 3. The Bertz CT molecular complexity index is 597. The van der Waals surface area contributed by atoms with Gasteiger partial charge in [-0.1, -0.05) is 30.3 Å². The topological polar surface area (TPSA) is 39.2 Å². The molecule has 0 saturated carbocycles. The lowest BCUT2D eigenvalue weighted by Gasteiger charge is -2.11. The molecule has 0 fully saturated rings. The van der Waals surface area contributed by atoms with E-state index in [9.17, 15) is 18.0 Å². The quantitative estimate of drug-likeness (QED) is 0.805. The summed E-state index contributed by atoms with van der Waals surface area (Å²) >= 11 is 0. The summed E-state index contributed by atoms with van der Waals surface area (Å²) in [6, 6.07) is 11.3. The third-order valence-electron chi connectivity index (χ3n) is 2.53. The zero-order valence-electron chi connectivity index (χ0n) is 10.2. The van der Waals surface area contributed by atoms with E-state index in [1.54, 1.807) is 24.3 Å². The van der Waals surface area contributed by atoms with Crippen LogP contribution in [0.15, 0.2) is 42.5 Å². The molecule has 0 amide bonds. The first-order chi connectivity index (χ1) is 9.50. The highest BCUT2D eigenvalue weighted by molar-refractivity contribution is 5.76. The Hall–Kier alpha value is -2.37. The number of pyridine rings is 1. The number of carbonyl (C=O) groups excluding carboxylic acids is 1. The molecule has 104 valence electrons. The van der Waals surface area contributed by atoms with E-state index in [4.69, 9.17) is 4.74 Å². The predicted molar refractivity (Wildman–Crippen MR) is 65.4 cm³/mol. The second kappa shape index (κ2) is 5.73. The highest BCUT2D eigenvalue weighted by Crippen LogP contribution is 2.31. The van der Waals surface area contributed by atoms with Gasteiger partial charge < -0.3 is 4.74 Å². The molecule has 0 saturated heterocycles. The molecule has 6 heteroatoms. The molecule has 1 aromatic carbocycles. The van der Waals surface area contributed by atoms with Crippen LogP contribution in [0, 0.1) is 0 Å². The van der Waals surface area contributed by atoms with Gasteiger partial charge in [0, 0.05) is 11.6 Å². The van der Waals surface area contributed by atoms with Crippen molar-refractivity contribution in [2.45, 2.75) is 12.8 Å². The van der Waals surface area contributed by atoms with E-state index in [2.05, 4.69) is 4.98 Å². The van der Waals surface area contributed by atoms with Crippen LogP contribution in [0.25, 0.3) is 0 Å². The number of benzene rings is 1. The van der Waals surface area contributed by atoms with E-state index in [0.717, 1.165) is 11.6 Å². The van der Waals surface area contributed by atoms with Crippen molar-refractivity contribution in [2.75, 3.05) is 0 Å². The molecule has 2 aromatic rings. The summed E-state index contributed by atoms with van der Waals surface area (Å²) in [5, 5.41) is 0. The summed E-state index contributed by atoms with van der Waals surface area (Å²) in [5.41, 5.74) is -0.940. The van der Waals surface area contributed by atoms with Crippen LogP contribution < -0.4 is 4.74 Å². The first-order valence-electron chi connectivity index (χ1n) is 5.71. The van der Waals surface area contributed by atoms with E-state index in [1.807, 2.05) is 6.07 Å². The number of nitrogens with zero attached hydrogens (tertiary/aromatic N) is 1. The lowest BCUT2D eigenvalue weighted by Crippen LogP contribution is -2.12. The third-order valence-corrected chi connectivity index (χ3v) is 2.53. The van der Waals surface area contributed by atoms with Crippen LogP contribution in [-0.2, 0) is 12.8 Å². The molecule has 0 aliphatic heterocycles. The molecular weight excluding hydrogens is 271 g/mol. The lowest BCUT2D eigenvalue weighted by atomic mass is 10.2. The van der Waals surface area contributed by atoms with Crippen molar-refractivity contribution in [3.05, 3.63) is 59.3 Å². The highest BCUT2D eigenvalue weighted by Gasteiger charge is 2.35. The third kappa shape index (κ3) is 3.34. The first kappa shape index (κ1) is 14.0. The van der Waals surface area contributed by atoms with Gasteiger partial charge in [-0.2, -0.15) is 13.2 Å². The first-order valence-corrected chi connectivity index (χ1v) is 5.71. The van der Waals surface area contributed by atoms with Gasteiger partial charge in [0.25, 0.3) is 0 Å². The number of ether oxygens (including phenoxy) is 1. The van der Waals surface area contributed by atoms with Gasteiger partial charge in [-0.05, 0) is 11.6 Å². The Morgan fingerprint density at radius 3 is 2.40 bits per heavy atom. The Balaban J connectivity index is 2.19. The van der Waals surface area contributed by atoms with Crippen LogP contribution in [0.2, 0.25) is 0 Å². The van der Waals surface area contributed by atoms with Crippen molar-refractivity contribution >= 4 is 6.29 Å². The Morgan fingerprint density at radius 2 is 1.80 bits per heavy atom. The summed E-state index contributed by atoms with van der Waals surface area (Å²) in [4.78, 5) is 13.9.